The van der Waals surface area contributed by atoms with Gasteiger partial charge in [-0.2, -0.15) is 0 Å². The second-order valence-corrected chi connectivity index (χ2v) is 6.76. The van der Waals surface area contributed by atoms with Crippen molar-refractivity contribution in [3.8, 4) is 0 Å². The number of aliphatic hydroxyl groups excluding tert-OH is 1. The molecule has 0 spiro atoms. The van der Waals surface area contributed by atoms with E-state index in [2.05, 4.69) is 6.92 Å². The molecular weight excluding hydrogens is 260 g/mol. The zero-order chi connectivity index (χ0) is 15.2. The van der Waals surface area contributed by atoms with Crippen LogP contribution in [0, 0.1) is 0 Å². The molecule has 1 rings (SSSR count). The van der Waals surface area contributed by atoms with Gasteiger partial charge < -0.3 is 9.84 Å². The number of unbranched alkanes of at least 4 members (excludes halogenated alkanes) is 12. The first-order valence-electron chi connectivity index (χ1n) is 9.64. The van der Waals surface area contributed by atoms with Crippen molar-refractivity contribution in [3.63, 3.8) is 0 Å². The molecule has 1 aliphatic rings. The fourth-order valence-corrected chi connectivity index (χ4v) is 3.18. The minimum atomic E-state index is 0.278. The van der Waals surface area contributed by atoms with E-state index in [1.54, 1.807) is 0 Å². The van der Waals surface area contributed by atoms with Crippen LogP contribution < -0.4 is 0 Å². The molecule has 2 heteroatoms. The normalized spacial score (nSPS) is 20.9. The Morgan fingerprint density at radius 1 is 0.619 bits per heavy atom. The SMILES string of the molecule is CCCCCCCCCCCCCCCC1OC1CCO. The van der Waals surface area contributed by atoms with Crippen LogP contribution in [0.25, 0.3) is 0 Å². The molecule has 0 saturated carbocycles. The zero-order valence-corrected chi connectivity index (χ0v) is 14.3. The Morgan fingerprint density at radius 2 is 1.05 bits per heavy atom. The number of ether oxygens (including phenoxy) is 1. The van der Waals surface area contributed by atoms with Crippen molar-refractivity contribution in [1.29, 1.82) is 0 Å². The molecule has 1 aliphatic heterocycles. The van der Waals surface area contributed by atoms with Crippen molar-refractivity contribution in [2.75, 3.05) is 6.61 Å². The topological polar surface area (TPSA) is 32.8 Å². The van der Waals surface area contributed by atoms with E-state index in [0.717, 1.165) is 6.42 Å². The molecule has 126 valence electrons. The van der Waals surface area contributed by atoms with Crippen LogP contribution in [-0.4, -0.2) is 23.9 Å². The van der Waals surface area contributed by atoms with Gasteiger partial charge in [0.1, 0.15) is 0 Å². The molecule has 21 heavy (non-hydrogen) atoms. The molecule has 0 bridgehead atoms. The average molecular weight is 299 g/mol. The van der Waals surface area contributed by atoms with Gasteiger partial charge >= 0.3 is 0 Å². The van der Waals surface area contributed by atoms with E-state index in [-0.39, 0.29) is 6.61 Å². The van der Waals surface area contributed by atoms with Gasteiger partial charge in [0, 0.05) is 6.61 Å². The van der Waals surface area contributed by atoms with Gasteiger partial charge in [-0.15, -0.1) is 0 Å². The summed E-state index contributed by atoms with van der Waals surface area (Å²) in [6.07, 6.45) is 21.3. The van der Waals surface area contributed by atoms with E-state index >= 15 is 0 Å². The van der Waals surface area contributed by atoms with Gasteiger partial charge in [-0.3, -0.25) is 0 Å². The van der Waals surface area contributed by atoms with E-state index in [1.807, 2.05) is 0 Å². The third-order valence-corrected chi connectivity index (χ3v) is 4.69. The van der Waals surface area contributed by atoms with Gasteiger partial charge in [0.15, 0.2) is 0 Å². The number of epoxide rings is 1. The molecular formula is C19H38O2. The number of hydrogen-bond donors (Lipinski definition) is 1. The largest absolute Gasteiger partial charge is 0.396 e. The van der Waals surface area contributed by atoms with Gasteiger partial charge in [-0.25, -0.2) is 0 Å². The highest BCUT2D eigenvalue weighted by Crippen LogP contribution is 2.29. The minimum absolute atomic E-state index is 0.278. The van der Waals surface area contributed by atoms with Crippen LogP contribution in [0.15, 0.2) is 0 Å². The summed E-state index contributed by atoms with van der Waals surface area (Å²) >= 11 is 0. The number of rotatable bonds is 16. The van der Waals surface area contributed by atoms with E-state index in [1.165, 1.54) is 89.9 Å². The van der Waals surface area contributed by atoms with E-state index in [9.17, 15) is 0 Å². The Morgan fingerprint density at radius 3 is 1.52 bits per heavy atom. The fourth-order valence-electron chi connectivity index (χ4n) is 3.18. The van der Waals surface area contributed by atoms with Gasteiger partial charge in [-0.1, -0.05) is 90.4 Å². The highest BCUT2D eigenvalue weighted by Gasteiger charge is 2.36. The molecule has 2 atom stereocenters. The maximum atomic E-state index is 8.80. The molecule has 0 aromatic heterocycles. The minimum Gasteiger partial charge on any atom is -0.396 e. The van der Waals surface area contributed by atoms with Crippen LogP contribution in [0.5, 0.6) is 0 Å². The van der Waals surface area contributed by atoms with Crippen LogP contribution >= 0.6 is 0 Å². The molecule has 0 radical (unpaired) electrons. The molecule has 0 aliphatic carbocycles. The van der Waals surface area contributed by atoms with Gasteiger partial charge in [0.25, 0.3) is 0 Å². The zero-order valence-electron chi connectivity index (χ0n) is 14.3. The molecule has 1 fully saturated rings. The first kappa shape index (κ1) is 19.0. The summed E-state index contributed by atoms with van der Waals surface area (Å²) in [6, 6.07) is 0. The maximum Gasteiger partial charge on any atom is 0.0863 e. The molecule has 1 heterocycles. The Kier molecular flexibility index (Phi) is 12.3. The quantitative estimate of drug-likeness (QED) is 0.296. The summed E-state index contributed by atoms with van der Waals surface area (Å²) < 4.78 is 5.50. The highest BCUT2D eigenvalue weighted by molar-refractivity contribution is 4.83. The lowest BCUT2D eigenvalue weighted by molar-refractivity contribution is 0.262. The number of aliphatic hydroxyl groups is 1. The molecule has 1 saturated heterocycles. The van der Waals surface area contributed by atoms with Crippen LogP contribution in [0.4, 0.5) is 0 Å². The third-order valence-electron chi connectivity index (χ3n) is 4.69. The van der Waals surface area contributed by atoms with E-state index in [4.69, 9.17) is 9.84 Å². The predicted molar refractivity (Wildman–Crippen MR) is 90.7 cm³/mol. The Balaban J connectivity index is 1.66. The Bertz CT molecular complexity index is 218. The molecule has 2 unspecified atom stereocenters. The molecule has 1 N–H and O–H groups in total. The molecule has 0 aromatic carbocycles. The lowest BCUT2D eigenvalue weighted by Crippen LogP contribution is -1.96. The molecule has 0 amide bonds. The first-order valence-corrected chi connectivity index (χ1v) is 9.64. The standard InChI is InChI=1S/C19H38O2/c1-2-3-4-5-6-7-8-9-10-11-12-13-14-15-18-19(21-18)16-17-20/h18-20H,2-17H2,1H3. The summed E-state index contributed by atoms with van der Waals surface area (Å²) in [6.45, 7) is 2.56. The van der Waals surface area contributed by atoms with Crippen LogP contribution in [0.1, 0.15) is 103 Å². The van der Waals surface area contributed by atoms with Crippen LogP contribution in [0.3, 0.4) is 0 Å². The highest BCUT2D eigenvalue weighted by atomic mass is 16.6. The van der Waals surface area contributed by atoms with Crippen molar-refractivity contribution in [1.82, 2.24) is 0 Å². The van der Waals surface area contributed by atoms with Crippen molar-refractivity contribution in [2.45, 2.75) is 115 Å². The van der Waals surface area contributed by atoms with E-state index < -0.39 is 0 Å². The summed E-state index contributed by atoms with van der Waals surface area (Å²) in [5, 5.41) is 8.80. The van der Waals surface area contributed by atoms with Crippen molar-refractivity contribution >= 4 is 0 Å². The lowest BCUT2D eigenvalue weighted by atomic mass is 10.0. The molecule has 2 nitrogen and oxygen atoms in total. The van der Waals surface area contributed by atoms with Gasteiger partial charge in [0.2, 0.25) is 0 Å². The van der Waals surface area contributed by atoms with Gasteiger partial charge in [-0.05, 0) is 12.8 Å². The first-order chi connectivity index (χ1) is 10.4. The Hall–Kier alpha value is -0.0800. The smallest absolute Gasteiger partial charge is 0.0863 e. The van der Waals surface area contributed by atoms with Crippen LogP contribution in [0.2, 0.25) is 0 Å². The van der Waals surface area contributed by atoms with Crippen LogP contribution in [-0.2, 0) is 4.74 Å². The summed E-state index contributed by atoms with van der Waals surface area (Å²) in [5.41, 5.74) is 0. The summed E-state index contributed by atoms with van der Waals surface area (Å²) in [5.74, 6) is 0. The second kappa shape index (κ2) is 13.6. The molecule has 0 aromatic rings. The maximum absolute atomic E-state index is 8.80. The Labute approximate surface area is 132 Å². The lowest BCUT2D eigenvalue weighted by Gasteiger charge is -2.02. The third kappa shape index (κ3) is 11.2. The van der Waals surface area contributed by atoms with Gasteiger partial charge in [0.05, 0.1) is 12.2 Å². The fraction of sp³-hybridized carbons (Fsp3) is 1.00. The average Bonchev–Trinajstić information content (AvgIpc) is 3.22. The summed E-state index contributed by atoms with van der Waals surface area (Å²) in [4.78, 5) is 0. The summed E-state index contributed by atoms with van der Waals surface area (Å²) in [7, 11) is 0. The van der Waals surface area contributed by atoms with E-state index in [0.29, 0.717) is 12.2 Å². The predicted octanol–water partition coefficient (Wildman–Crippen LogP) is 5.62. The monoisotopic (exact) mass is 298 g/mol. The van der Waals surface area contributed by atoms with Crippen molar-refractivity contribution in [3.05, 3.63) is 0 Å². The van der Waals surface area contributed by atoms with Crippen molar-refractivity contribution in [2.24, 2.45) is 0 Å². The second-order valence-electron chi connectivity index (χ2n) is 6.76. The van der Waals surface area contributed by atoms with Crippen molar-refractivity contribution < 1.29 is 9.84 Å². The number of hydrogen-bond acceptors (Lipinski definition) is 2.